The van der Waals surface area contributed by atoms with Gasteiger partial charge in [-0.25, -0.2) is 4.57 Å². The third-order valence-corrected chi connectivity index (χ3v) is 5.50. The van der Waals surface area contributed by atoms with Gasteiger partial charge in [0.2, 0.25) is 0 Å². The average molecular weight is 465 g/mol. The number of rotatable bonds is 22. The van der Waals surface area contributed by atoms with Crippen molar-refractivity contribution in [2.24, 2.45) is 0 Å². The molecule has 0 amide bonds. The highest BCUT2D eigenvalue weighted by atomic mass is 31.2. The Hall–Kier alpha value is -0.720. The fraction of sp³-hybridized carbons (Fsp3) is 0.870. The first-order valence-electron chi connectivity index (χ1n) is 12.0. The molecule has 0 aromatic rings. The summed E-state index contributed by atoms with van der Waals surface area (Å²) in [7, 11) is -4.62. The van der Waals surface area contributed by atoms with Crippen molar-refractivity contribution in [3.63, 3.8) is 0 Å². The van der Waals surface area contributed by atoms with E-state index in [0.29, 0.717) is 0 Å². The van der Waals surface area contributed by atoms with Gasteiger partial charge in [-0.1, -0.05) is 83.3 Å². The van der Waals surface area contributed by atoms with Gasteiger partial charge in [-0.15, -0.1) is 0 Å². The van der Waals surface area contributed by atoms with Gasteiger partial charge in [0.25, 0.3) is 0 Å². The van der Waals surface area contributed by atoms with E-state index in [2.05, 4.69) is 23.6 Å². The molecule has 8 heteroatoms. The van der Waals surface area contributed by atoms with E-state index in [1.165, 1.54) is 77.0 Å². The van der Waals surface area contributed by atoms with Crippen LogP contribution in [0.2, 0.25) is 0 Å². The van der Waals surface area contributed by atoms with Crippen molar-refractivity contribution in [2.45, 2.75) is 116 Å². The molecular weight excluding hydrogens is 419 g/mol. The minimum atomic E-state index is -4.62. The number of hydrogen-bond acceptors (Lipinski definition) is 5. The molecule has 0 aromatic carbocycles. The Labute approximate surface area is 188 Å². The Morgan fingerprint density at radius 3 is 1.81 bits per heavy atom. The summed E-state index contributed by atoms with van der Waals surface area (Å²) in [5.41, 5.74) is 0. The first kappa shape index (κ1) is 30.3. The summed E-state index contributed by atoms with van der Waals surface area (Å²) in [6, 6.07) is 0. The average Bonchev–Trinajstić information content (AvgIpc) is 2.72. The molecule has 0 fully saturated rings. The molecule has 1 unspecified atom stereocenters. The predicted octanol–water partition coefficient (Wildman–Crippen LogP) is 5.82. The second-order valence-corrected chi connectivity index (χ2v) is 9.40. The van der Waals surface area contributed by atoms with Crippen LogP contribution in [0.1, 0.15) is 110 Å². The number of hydrogen-bond donors (Lipinski definition) is 3. The first-order chi connectivity index (χ1) is 14.8. The summed E-state index contributed by atoms with van der Waals surface area (Å²) in [5, 5.41) is 9.43. The van der Waals surface area contributed by atoms with Crippen LogP contribution in [0, 0.1) is 0 Å². The fourth-order valence-corrected chi connectivity index (χ4v) is 3.55. The molecule has 0 saturated carbocycles. The van der Waals surface area contributed by atoms with E-state index >= 15 is 0 Å². The van der Waals surface area contributed by atoms with E-state index in [9.17, 15) is 14.5 Å². The minimum Gasteiger partial charge on any atom is -0.463 e. The Morgan fingerprint density at radius 1 is 0.806 bits per heavy atom. The highest BCUT2D eigenvalue weighted by Gasteiger charge is 2.17. The predicted molar refractivity (Wildman–Crippen MR) is 124 cm³/mol. The summed E-state index contributed by atoms with van der Waals surface area (Å²) in [6.45, 7) is 1.35. The number of esters is 1. The minimum absolute atomic E-state index is 0.287. The molecule has 31 heavy (non-hydrogen) atoms. The van der Waals surface area contributed by atoms with Gasteiger partial charge in [-0.3, -0.25) is 9.32 Å². The number of allylic oxidation sites excluding steroid dienone is 2. The third-order valence-electron chi connectivity index (χ3n) is 5.01. The SMILES string of the molecule is CCCCCCCC/C=C\CCCCCCCCCC(=O)OCC(O)COP(=O)(O)O. The molecule has 0 saturated heterocycles. The number of carbonyl (C=O) groups excluding carboxylic acids is 1. The van der Waals surface area contributed by atoms with Crippen molar-refractivity contribution in [1.29, 1.82) is 0 Å². The quantitative estimate of drug-likeness (QED) is 0.0801. The van der Waals surface area contributed by atoms with Gasteiger partial charge in [-0.2, -0.15) is 0 Å². The molecule has 1 atom stereocenters. The molecule has 0 aliphatic heterocycles. The molecule has 0 radical (unpaired) electrons. The van der Waals surface area contributed by atoms with Gasteiger partial charge in [0.15, 0.2) is 0 Å². The van der Waals surface area contributed by atoms with E-state index in [4.69, 9.17) is 14.5 Å². The van der Waals surface area contributed by atoms with Crippen molar-refractivity contribution >= 4 is 13.8 Å². The number of carbonyl (C=O) groups is 1. The van der Waals surface area contributed by atoms with Gasteiger partial charge >= 0.3 is 13.8 Å². The standard InChI is InChI=1S/C23H45O7P/c1-2-3-4-5-6-7-8-9-10-11-12-13-14-15-16-17-18-19-23(25)29-20-22(24)21-30-31(26,27)28/h9-10,22,24H,2-8,11-21H2,1H3,(H2,26,27,28)/b10-9-. The normalized spacial score (nSPS) is 13.0. The zero-order chi connectivity index (χ0) is 23.2. The molecule has 0 aliphatic carbocycles. The van der Waals surface area contributed by atoms with Crippen molar-refractivity contribution < 1.29 is 33.5 Å². The van der Waals surface area contributed by atoms with Crippen LogP contribution in [0.15, 0.2) is 12.2 Å². The molecule has 7 nitrogen and oxygen atoms in total. The Balaban J connectivity index is 3.34. The van der Waals surface area contributed by atoms with Crippen molar-refractivity contribution in [3.8, 4) is 0 Å². The van der Waals surface area contributed by atoms with Gasteiger partial charge in [0, 0.05) is 6.42 Å². The van der Waals surface area contributed by atoms with Crippen LogP contribution in [-0.4, -0.2) is 40.2 Å². The second kappa shape index (κ2) is 21.1. The Bertz CT molecular complexity index is 490. The molecule has 0 aromatic heterocycles. The highest BCUT2D eigenvalue weighted by molar-refractivity contribution is 7.46. The summed E-state index contributed by atoms with van der Waals surface area (Å²) < 4.78 is 19.5. The fourth-order valence-electron chi connectivity index (χ4n) is 3.19. The number of phosphoric ester groups is 1. The largest absolute Gasteiger partial charge is 0.469 e. The second-order valence-electron chi connectivity index (χ2n) is 8.16. The number of unbranched alkanes of at least 4 members (excludes halogenated alkanes) is 13. The number of phosphoric acid groups is 1. The lowest BCUT2D eigenvalue weighted by Crippen LogP contribution is -2.23. The maximum absolute atomic E-state index is 11.6. The topological polar surface area (TPSA) is 113 Å². The molecule has 184 valence electrons. The van der Waals surface area contributed by atoms with Crippen LogP contribution in [0.4, 0.5) is 0 Å². The van der Waals surface area contributed by atoms with Gasteiger partial charge in [0.1, 0.15) is 12.7 Å². The van der Waals surface area contributed by atoms with E-state index in [0.717, 1.165) is 19.3 Å². The summed E-state index contributed by atoms with van der Waals surface area (Å²) in [4.78, 5) is 28.6. The zero-order valence-electron chi connectivity index (χ0n) is 19.4. The van der Waals surface area contributed by atoms with Gasteiger partial charge < -0.3 is 19.6 Å². The van der Waals surface area contributed by atoms with Crippen molar-refractivity contribution in [1.82, 2.24) is 0 Å². The van der Waals surface area contributed by atoms with Gasteiger partial charge in [0.05, 0.1) is 6.61 Å². The van der Waals surface area contributed by atoms with E-state index in [-0.39, 0.29) is 13.0 Å². The lowest BCUT2D eigenvalue weighted by molar-refractivity contribution is -0.147. The van der Waals surface area contributed by atoms with Crippen molar-refractivity contribution in [2.75, 3.05) is 13.2 Å². The lowest BCUT2D eigenvalue weighted by Gasteiger charge is -2.12. The van der Waals surface area contributed by atoms with Crippen LogP contribution in [-0.2, 0) is 18.6 Å². The van der Waals surface area contributed by atoms with Crippen LogP contribution in [0.25, 0.3) is 0 Å². The number of aliphatic hydroxyl groups excluding tert-OH is 1. The van der Waals surface area contributed by atoms with E-state index in [1.54, 1.807) is 0 Å². The number of ether oxygens (including phenoxy) is 1. The molecule has 0 heterocycles. The molecule has 0 spiro atoms. The van der Waals surface area contributed by atoms with Crippen LogP contribution < -0.4 is 0 Å². The molecule has 3 N–H and O–H groups in total. The molecule has 0 bridgehead atoms. The summed E-state index contributed by atoms with van der Waals surface area (Å²) >= 11 is 0. The van der Waals surface area contributed by atoms with Gasteiger partial charge in [-0.05, 0) is 32.1 Å². The lowest BCUT2D eigenvalue weighted by atomic mass is 10.1. The third kappa shape index (κ3) is 25.4. The Morgan fingerprint density at radius 2 is 1.29 bits per heavy atom. The molecule has 0 aliphatic rings. The van der Waals surface area contributed by atoms with Crippen LogP contribution >= 0.6 is 7.82 Å². The molecule has 0 rings (SSSR count). The van der Waals surface area contributed by atoms with E-state index in [1.807, 2.05) is 0 Å². The van der Waals surface area contributed by atoms with Crippen molar-refractivity contribution in [3.05, 3.63) is 12.2 Å². The maximum Gasteiger partial charge on any atom is 0.469 e. The number of aliphatic hydroxyl groups is 1. The Kier molecular flexibility index (Phi) is 20.7. The molecular formula is C23H45O7P. The summed E-state index contributed by atoms with van der Waals surface area (Å²) in [6.07, 6.45) is 21.9. The highest BCUT2D eigenvalue weighted by Crippen LogP contribution is 2.35. The monoisotopic (exact) mass is 464 g/mol. The first-order valence-corrected chi connectivity index (χ1v) is 13.6. The zero-order valence-corrected chi connectivity index (χ0v) is 20.3. The maximum atomic E-state index is 11.6. The smallest absolute Gasteiger partial charge is 0.463 e. The van der Waals surface area contributed by atoms with Crippen LogP contribution in [0.3, 0.4) is 0 Å². The van der Waals surface area contributed by atoms with Crippen LogP contribution in [0.5, 0.6) is 0 Å². The summed E-state index contributed by atoms with van der Waals surface area (Å²) in [5.74, 6) is -0.414. The van der Waals surface area contributed by atoms with E-state index < -0.39 is 26.5 Å².